The molecule has 160 valence electrons. The maximum Gasteiger partial charge on any atom is 0.278 e. The summed E-state index contributed by atoms with van der Waals surface area (Å²) < 4.78 is 27.4. The topological polar surface area (TPSA) is 114 Å². The van der Waals surface area contributed by atoms with E-state index in [9.17, 15) is 23.3 Å². The Bertz CT molecular complexity index is 1270. The molecule has 2 aromatic carbocycles. The molecular formula is C21H20N4O5S. The van der Waals surface area contributed by atoms with Crippen LogP contribution in [0.3, 0.4) is 0 Å². The molecule has 3 aromatic rings. The largest absolute Gasteiger partial charge is 0.368 e. The van der Waals surface area contributed by atoms with Crippen molar-refractivity contribution in [1.29, 1.82) is 0 Å². The van der Waals surface area contributed by atoms with Gasteiger partial charge in [0.05, 0.1) is 15.2 Å². The Hall–Kier alpha value is -3.37. The summed E-state index contributed by atoms with van der Waals surface area (Å²) in [6.45, 7) is 2.88. The number of pyridine rings is 1. The number of piperazine rings is 1. The lowest BCUT2D eigenvalue weighted by Crippen LogP contribution is -2.48. The van der Waals surface area contributed by atoms with Crippen LogP contribution in [0.25, 0.3) is 10.8 Å². The molecule has 0 aliphatic carbocycles. The summed E-state index contributed by atoms with van der Waals surface area (Å²) in [5.74, 6) is -0.122. The molecule has 0 atom stereocenters. The number of nitro benzene ring substituents is 1. The molecule has 4 rings (SSSR count). The summed E-state index contributed by atoms with van der Waals surface area (Å²) in [6.07, 6.45) is 3.06. The van der Waals surface area contributed by atoms with Crippen LogP contribution >= 0.6 is 0 Å². The number of rotatable bonds is 5. The van der Waals surface area contributed by atoms with Crippen molar-refractivity contribution in [3.8, 4) is 0 Å². The van der Waals surface area contributed by atoms with Crippen molar-refractivity contribution < 1.29 is 18.1 Å². The lowest BCUT2D eigenvalue weighted by molar-refractivity contribution is -0.383. The third-order valence-electron chi connectivity index (χ3n) is 5.45. The number of carbonyl (C=O) groups excluding carboxylic acids is 1. The van der Waals surface area contributed by atoms with Crippen LogP contribution < -0.4 is 4.90 Å². The van der Waals surface area contributed by atoms with E-state index in [0.29, 0.717) is 29.4 Å². The van der Waals surface area contributed by atoms with Crippen LogP contribution in [-0.4, -0.2) is 54.6 Å². The van der Waals surface area contributed by atoms with Crippen LogP contribution in [0.1, 0.15) is 17.3 Å². The molecule has 0 amide bonds. The maximum absolute atomic E-state index is 13.0. The molecule has 10 heteroatoms. The summed E-state index contributed by atoms with van der Waals surface area (Å²) in [5.41, 5.74) is 1.26. The summed E-state index contributed by atoms with van der Waals surface area (Å²) >= 11 is 0. The normalized spacial score (nSPS) is 15.2. The first-order chi connectivity index (χ1) is 14.8. The fourth-order valence-electron chi connectivity index (χ4n) is 3.77. The summed E-state index contributed by atoms with van der Waals surface area (Å²) in [4.78, 5) is 28.5. The van der Waals surface area contributed by atoms with Crippen molar-refractivity contribution in [3.05, 3.63) is 70.5 Å². The number of anilines is 1. The molecule has 1 aliphatic rings. The van der Waals surface area contributed by atoms with E-state index in [1.165, 1.54) is 47.8 Å². The van der Waals surface area contributed by atoms with Crippen molar-refractivity contribution in [3.63, 3.8) is 0 Å². The average Bonchev–Trinajstić information content (AvgIpc) is 2.78. The molecule has 1 aliphatic heterocycles. The van der Waals surface area contributed by atoms with Gasteiger partial charge in [0.1, 0.15) is 0 Å². The van der Waals surface area contributed by atoms with Gasteiger partial charge in [-0.15, -0.1) is 0 Å². The lowest BCUT2D eigenvalue weighted by atomic mass is 10.1. The van der Waals surface area contributed by atoms with Crippen LogP contribution in [0.4, 0.5) is 11.4 Å². The van der Waals surface area contributed by atoms with Gasteiger partial charge < -0.3 is 4.90 Å². The molecule has 1 saturated heterocycles. The highest BCUT2D eigenvalue weighted by Gasteiger charge is 2.29. The van der Waals surface area contributed by atoms with Gasteiger partial charge in [0.15, 0.2) is 5.78 Å². The van der Waals surface area contributed by atoms with Gasteiger partial charge in [-0.1, -0.05) is 12.1 Å². The standard InChI is InChI=1S/C21H20N4O5S/c1-15(26)16-2-4-17(5-3-16)31(29,30)24-12-10-23(11-13-24)20-6-7-21(25(27)28)19-14-22-9-8-18(19)20/h2-9,14H,10-13H2,1H3. The Morgan fingerprint density at radius 3 is 2.29 bits per heavy atom. The molecule has 0 saturated carbocycles. The van der Waals surface area contributed by atoms with Crippen LogP contribution in [0.2, 0.25) is 0 Å². The number of aromatic nitrogens is 1. The quantitative estimate of drug-likeness (QED) is 0.340. The molecule has 0 N–H and O–H groups in total. The average molecular weight is 440 g/mol. The first-order valence-corrected chi connectivity index (χ1v) is 11.1. The van der Waals surface area contributed by atoms with E-state index in [4.69, 9.17) is 0 Å². The van der Waals surface area contributed by atoms with E-state index >= 15 is 0 Å². The molecule has 0 radical (unpaired) electrons. The Morgan fingerprint density at radius 1 is 1.00 bits per heavy atom. The number of ketones is 1. The monoisotopic (exact) mass is 440 g/mol. The zero-order valence-corrected chi connectivity index (χ0v) is 17.6. The zero-order valence-electron chi connectivity index (χ0n) is 16.8. The summed E-state index contributed by atoms with van der Waals surface area (Å²) in [5, 5.41) is 12.5. The van der Waals surface area contributed by atoms with Gasteiger partial charge in [-0.25, -0.2) is 8.42 Å². The van der Waals surface area contributed by atoms with Gasteiger partial charge in [0.25, 0.3) is 5.69 Å². The highest BCUT2D eigenvalue weighted by atomic mass is 32.2. The molecule has 1 fully saturated rings. The zero-order chi connectivity index (χ0) is 22.2. The first-order valence-electron chi connectivity index (χ1n) is 9.66. The van der Waals surface area contributed by atoms with E-state index in [1.54, 1.807) is 18.3 Å². The third-order valence-corrected chi connectivity index (χ3v) is 7.36. The van der Waals surface area contributed by atoms with Crippen molar-refractivity contribution >= 4 is 38.0 Å². The van der Waals surface area contributed by atoms with E-state index in [1.807, 2.05) is 4.90 Å². The van der Waals surface area contributed by atoms with Gasteiger partial charge in [0.2, 0.25) is 10.0 Å². The van der Waals surface area contributed by atoms with Crippen molar-refractivity contribution in [2.24, 2.45) is 0 Å². The number of hydrogen-bond acceptors (Lipinski definition) is 7. The third kappa shape index (κ3) is 3.87. The number of nitrogens with zero attached hydrogens (tertiary/aromatic N) is 4. The lowest BCUT2D eigenvalue weighted by Gasteiger charge is -2.35. The number of nitro groups is 1. The second-order valence-electron chi connectivity index (χ2n) is 7.25. The van der Waals surface area contributed by atoms with Gasteiger partial charge in [-0.2, -0.15) is 4.31 Å². The van der Waals surface area contributed by atoms with Crippen LogP contribution in [-0.2, 0) is 10.0 Å². The SMILES string of the molecule is CC(=O)c1ccc(S(=O)(=O)N2CCN(c3ccc([N+](=O)[O-])c4cnccc34)CC2)cc1. The van der Waals surface area contributed by atoms with E-state index in [-0.39, 0.29) is 29.5 Å². The number of sulfonamides is 1. The minimum Gasteiger partial charge on any atom is -0.368 e. The second kappa shape index (κ2) is 8.05. The minimum absolute atomic E-state index is 0.0120. The number of fused-ring (bicyclic) bond motifs is 1. The molecule has 0 spiro atoms. The van der Waals surface area contributed by atoms with Crippen LogP contribution in [0, 0.1) is 10.1 Å². The van der Waals surface area contributed by atoms with Crippen LogP contribution in [0.5, 0.6) is 0 Å². The fourth-order valence-corrected chi connectivity index (χ4v) is 5.20. The minimum atomic E-state index is -3.67. The smallest absolute Gasteiger partial charge is 0.278 e. The van der Waals surface area contributed by atoms with Gasteiger partial charge in [-0.05, 0) is 31.2 Å². The molecule has 0 bridgehead atoms. The highest BCUT2D eigenvalue weighted by molar-refractivity contribution is 7.89. The number of carbonyl (C=O) groups is 1. The molecule has 1 aromatic heterocycles. The Morgan fingerprint density at radius 2 is 1.68 bits per heavy atom. The number of Topliss-reactive ketones (excluding diaryl/α,β-unsaturated/α-hetero) is 1. The van der Waals surface area contributed by atoms with Crippen molar-refractivity contribution in [2.75, 3.05) is 31.1 Å². The Labute approximate surface area is 179 Å². The first kappa shape index (κ1) is 20.9. The number of hydrogen-bond donors (Lipinski definition) is 0. The molecule has 0 unspecified atom stereocenters. The summed E-state index contributed by atoms with van der Waals surface area (Å²) in [7, 11) is -3.67. The van der Waals surface area contributed by atoms with E-state index in [0.717, 1.165) is 5.69 Å². The highest BCUT2D eigenvalue weighted by Crippen LogP contribution is 2.33. The Kier molecular flexibility index (Phi) is 5.42. The van der Waals surface area contributed by atoms with E-state index < -0.39 is 14.9 Å². The predicted molar refractivity (Wildman–Crippen MR) is 116 cm³/mol. The molecule has 31 heavy (non-hydrogen) atoms. The van der Waals surface area contributed by atoms with Gasteiger partial charge in [0, 0.05) is 61.3 Å². The van der Waals surface area contributed by atoms with Crippen molar-refractivity contribution in [2.45, 2.75) is 11.8 Å². The predicted octanol–water partition coefficient (Wildman–Crippen LogP) is 2.86. The second-order valence-corrected chi connectivity index (χ2v) is 9.19. The maximum atomic E-state index is 13.0. The van der Waals surface area contributed by atoms with Crippen molar-refractivity contribution in [1.82, 2.24) is 9.29 Å². The Balaban J connectivity index is 1.56. The molecule has 2 heterocycles. The van der Waals surface area contributed by atoms with Gasteiger partial charge in [-0.3, -0.25) is 19.9 Å². The summed E-state index contributed by atoms with van der Waals surface area (Å²) in [6, 6.07) is 10.8. The molecule has 9 nitrogen and oxygen atoms in total. The van der Waals surface area contributed by atoms with Crippen LogP contribution in [0.15, 0.2) is 59.8 Å². The number of non-ortho nitro benzene ring substituents is 1. The fraction of sp³-hybridized carbons (Fsp3) is 0.238. The van der Waals surface area contributed by atoms with E-state index in [2.05, 4.69) is 4.98 Å². The molecular weight excluding hydrogens is 420 g/mol. The van der Waals surface area contributed by atoms with Gasteiger partial charge >= 0.3 is 0 Å². The number of benzene rings is 2.